The molecule has 0 aliphatic carbocycles. The second-order valence-electron chi connectivity index (χ2n) is 5.09. The molecule has 0 saturated carbocycles. The molecule has 0 aromatic heterocycles. The van der Waals surface area contributed by atoms with Crippen LogP contribution in [0.15, 0.2) is 54.6 Å². The van der Waals surface area contributed by atoms with Crippen LogP contribution in [0.5, 0.6) is 0 Å². The Kier molecular flexibility index (Phi) is 6.86. The Morgan fingerprint density at radius 3 is 2.32 bits per heavy atom. The molecule has 6 heteroatoms. The second-order valence-corrected chi connectivity index (χ2v) is 5.09. The summed E-state index contributed by atoms with van der Waals surface area (Å²) in [6.07, 6.45) is 0. The minimum Gasteiger partial charge on any atom is -0.454 e. The molecule has 2 aromatic carbocycles. The van der Waals surface area contributed by atoms with Crippen LogP contribution in [0, 0.1) is 0 Å². The van der Waals surface area contributed by atoms with E-state index in [0.717, 1.165) is 0 Å². The summed E-state index contributed by atoms with van der Waals surface area (Å²) < 4.78 is 9.70. The number of rotatable bonds is 8. The second kappa shape index (κ2) is 9.34. The van der Waals surface area contributed by atoms with Crippen molar-refractivity contribution in [2.45, 2.75) is 6.92 Å². The quantitative estimate of drug-likeness (QED) is 0.589. The standard InChI is InChI=1S/C19H19NO5/c1-2-24-13-18(22)25-12-17(21)20-16-11-7-6-10-15(16)19(23)14-8-4-3-5-9-14/h3-11H,2,12-13H2,1H3,(H,20,21). The number of anilines is 1. The molecule has 0 aliphatic rings. The van der Waals surface area contributed by atoms with Gasteiger partial charge in [-0.25, -0.2) is 4.79 Å². The molecule has 6 nitrogen and oxygen atoms in total. The van der Waals surface area contributed by atoms with Crippen molar-refractivity contribution in [2.75, 3.05) is 25.1 Å². The number of ether oxygens (including phenoxy) is 2. The summed E-state index contributed by atoms with van der Waals surface area (Å²) in [5, 5.41) is 2.59. The zero-order valence-electron chi connectivity index (χ0n) is 13.9. The topological polar surface area (TPSA) is 81.7 Å². The molecule has 0 spiro atoms. The summed E-state index contributed by atoms with van der Waals surface area (Å²) in [5.74, 6) is -1.35. The van der Waals surface area contributed by atoms with Crippen molar-refractivity contribution in [1.29, 1.82) is 0 Å². The number of hydrogen-bond donors (Lipinski definition) is 1. The molecular formula is C19H19NO5. The van der Waals surface area contributed by atoms with E-state index in [1.165, 1.54) is 0 Å². The van der Waals surface area contributed by atoms with Crippen LogP contribution in [0.2, 0.25) is 0 Å². The van der Waals surface area contributed by atoms with Crippen LogP contribution in [0.25, 0.3) is 0 Å². The van der Waals surface area contributed by atoms with E-state index < -0.39 is 18.5 Å². The lowest BCUT2D eigenvalue weighted by Gasteiger charge is -2.11. The molecule has 0 saturated heterocycles. The Labute approximate surface area is 145 Å². The average molecular weight is 341 g/mol. The van der Waals surface area contributed by atoms with Crippen LogP contribution in [-0.4, -0.2) is 37.5 Å². The van der Waals surface area contributed by atoms with E-state index >= 15 is 0 Å². The summed E-state index contributed by atoms with van der Waals surface area (Å²) in [6, 6.07) is 15.4. The van der Waals surface area contributed by atoms with E-state index in [9.17, 15) is 14.4 Å². The van der Waals surface area contributed by atoms with Crippen LogP contribution in [0.4, 0.5) is 5.69 Å². The van der Waals surface area contributed by atoms with Crippen molar-refractivity contribution in [3.8, 4) is 0 Å². The average Bonchev–Trinajstić information content (AvgIpc) is 2.65. The predicted octanol–water partition coefficient (Wildman–Crippen LogP) is 2.44. The first-order chi connectivity index (χ1) is 12.1. The molecule has 1 amide bonds. The number of hydrogen-bond acceptors (Lipinski definition) is 5. The van der Waals surface area contributed by atoms with E-state index in [1.807, 2.05) is 6.07 Å². The Morgan fingerprint density at radius 1 is 0.920 bits per heavy atom. The Hall–Kier alpha value is -2.99. The van der Waals surface area contributed by atoms with Gasteiger partial charge in [-0.2, -0.15) is 0 Å². The highest BCUT2D eigenvalue weighted by molar-refractivity contribution is 6.13. The van der Waals surface area contributed by atoms with Gasteiger partial charge in [-0.15, -0.1) is 0 Å². The highest BCUT2D eigenvalue weighted by Gasteiger charge is 2.15. The van der Waals surface area contributed by atoms with Gasteiger partial charge in [-0.05, 0) is 19.1 Å². The lowest BCUT2D eigenvalue weighted by Crippen LogP contribution is -2.23. The monoisotopic (exact) mass is 341 g/mol. The summed E-state index contributed by atoms with van der Waals surface area (Å²) in [6.45, 7) is 1.49. The smallest absolute Gasteiger partial charge is 0.332 e. The third-order valence-electron chi connectivity index (χ3n) is 3.27. The maximum atomic E-state index is 12.6. The molecule has 1 N–H and O–H groups in total. The lowest BCUT2D eigenvalue weighted by atomic mass is 10.0. The summed E-state index contributed by atoms with van der Waals surface area (Å²) in [7, 11) is 0. The van der Waals surface area contributed by atoms with E-state index in [4.69, 9.17) is 9.47 Å². The number of esters is 1. The number of benzene rings is 2. The van der Waals surface area contributed by atoms with E-state index in [-0.39, 0.29) is 12.4 Å². The highest BCUT2D eigenvalue weighted by Crippen LogP contribution is 2.19. The number of nitrogens with one attached hydrogen (secondary N) is 1. The largest absolute Gasteiger partial charge is 0.454 e. The first-order valence-electron chi connectivity index (χ1n) is 7.83. The third kappa shape index (κ3) is 5.54. The van der Waals surface area contributed by atoms with Gasteiger partial charge in [0.1, 0.15) is 6.61 Å². The molecular weight excluding hydrogens is 322 g/mol. The first kappa shape index (κ1) is 18.4. The fraction of sp³-hybridized carbons (Fsp3) is 0.211. The molecule has 0 aliphatic heterocycles. The maximum absolute atomic E-state index is 12.6. The first-order valence-corrected chi connectivity index (χ1v) is 7.83. The van der Waals surface area contributed by atoms with Gasteiger partial charge in [-0.1, -0.05) is 42.5 Å². The van der Waals surface area contributed by atoms with Crippen molar-refractivity contribution < 1.29 is 23.9 Å². The molecule has 0 heterocycles. The van der Waals surface area contributed by atoms with Crippen molar-refractivity contribution in [1.82, 2.24) is 0 Å². The van der Waals surface area contributed by atoms with Crippen LogP contribution in [0.1, 0.15) is 22.8 Å². The summed E-state index contributed by atoms with van der Waals surface area (Å²) >= 11 is 0. The van der Waals surface area contributed by atoms with Gasteiger partial charge in [0.15, 0.2) is 12.4 Å². The number of para-hydroxylation sites is 1. The zero-order chi connectivity index (χ0) is 18.1. The van der Waals surface area contributed by atoms with E-state index in [1.54, 1.807) is 55.5 Å². The molecule has 2 aromatic rings. The molecule has 0 unspecified atom stereocenters. The van der Waals surface area contributed by atoms with Gasteiger partial charge in [0, 0.05) is 17.7 Å². The fourth-order valence-electron chi connectivity index (χ4n) is 2.09. The predicted molar refractivity (Wildman–Crippen MR) is 92.4 cm³/mol. The zero-order valence-corrected chi connectivity index (χ0v) is 13.9. The number of carbonyl (C=O) groups excluding carboxylic acids is 3. The van der Waals surface area contributed by atoms with Crippen LogP contribution in [0.3, 0.4) is 0 Å². The molecule has 0 atom stereocenters. The highest BCUT2D eigenvalue weighted by atomic mass is 16.6. The minimum absolute atomic E-state index is 0.202. The summed E-state index contributed by atoms with van der Waals surface area (Å²) in [5.41, 5.74) is 1.25. The van der Waals surface area contributed by atoms with Crippen molar-refractivity contribution in [2.24, 2.45) is 0 Å². The maximum Gasteiger partial charge on any atom is 0.332 e. The lowest BCUT2D eigenvalue weighted by molar-refractivity contribution is -0.151. The van der Waals surface area contributed by atoms with Crippen molar-refractivity contribution in [3.05, 3.63) is 65.7 Å². The van der Waals surface area contributed by atoms with Crippen LogP contribution < -0.4 is 5.32 Å². The number of amides is 1. The summed E-state index contributed by atoms with van der Waals surface area (Å²) in [4.78, 5) is 35.9. The van der Waals surface area contributed by atoms with Gasteiger partial charge < -0.3 is 14.8 Å². The molecule has 0 radical (unpaired) electrons. The van der Waals surface area contributed by atoms with Gasteiger partial charge >= 0.3 is 5.97 Å². The Morgan fingerprint density at radius 2 is 1.60 bits per heavy atom. The molecule has 25 heavy (non-hydrogen) atoms. The van der Waals surface area contributed by atoms with E-state index in [0.29, 0.717) is 23.4 Å². The molecule has 2 rings (SSSR count). The minimum atomic E-state index is -0.620. The van der Waals surface area contributed by atoms with Gasteiger partial charge in [0.2, 0.25) is 0 Å². The molecule has 0 fully saturated rings. The van der Waals surface area contributed by atoms with Crippen molar-refractivity contribution in [3.63, 3.8) is 0 Å². The van der Waals surface area contributed by atoms with Gasteiger partial charge in [0.25, 0.3) is 5.91 Å². The van der Waals surface area contributed by atoms with Crippen LogP contribution in [-0.2, 0) is 19.1 Å². The fourth-order valence-corrected chi connectivity index (χ4v) is 2.09. The SMILES string of the molecule is CCOCC(=O)OCC(=O)Nc1ccccc1C(=O)c1ccccc1. The molecule has 0 bridgehead atoms. The Balaban J connectivity index is 2.02. The molecule has 130 valence electrons. The van der Waals surface area contributed by atoms with Crippen molar-refractivity contribution >= 4 is 23.3 Å². The normalized spacial score (nSPS) is 10.1. The van der Waals surface area contributed by atoms with Gasteiger partial charge in [0.05, 0.1) is 5.69 Å². The van der Waals surface area contributed by atoms with Gasteiger partial charge in [-0.3, -0.25) is 9.59 Å². The number of ketones is 1. The van der Waals surface area contributed by atoms with Crippen LogP contribution >= 0.6 is 0 Å². The third-order valence-corrected chi connectivity index (χ3v) is 3.27. The Bertz CT molecular complexity index is 742. The van der Waals surface area contributed by atoms with E-state index in [2.05, 4.69) is 5.32 Å². The number of carbonyl (C=O) groups is 3.